The normalized spacial score (nSPS) is 16.5. The van der Waals surface area contributed by atoms with Crippen LogP contribution in [0.15, 0.2) is 147 Å². The summed E-state index contributed by atoms with van der Waals surface area (Å²) in [6, 6.07) is 22.8. The van der Waals surface area contributed by atoms with Crippen LogP contribution in [0, 0.1) is 20.8 Å². The standard InChI is InChI=1S/C29H33N7O3.C27H27ClN6O4S.C24H26ClN7O3/c1-6-24(37)35-11-7-8-21(14-35)36-29-25(28(30)32-16-33-29)26(34-36)20-9-10-23(17(2)12-20)39-15-22-19(4)27(38-5)18(3)13-31-22;1-3-23(35)33-11-5-7-19(14-33)34-27-24(26(29)30-16-31-27)25(32-34)18-9-10-22(21(28)13-18)38-15-17-6-4-8-20(12-17)39(2,36)37;1-2-19(33)31-5-3-4-18(13-31)32-23-20(22(26)27-14-28-23)21(29-32)15-10-16(12-17(25)11-15)24(34)30-6-8-35-9-7-30/h6,9-10,12-13,16,21H,1,7-8,11,14-15H2,2-5H3,(H2,30,32,33);3-4,6,8-10,12-13,16,19H,1,5,7,11,14-15H2,2H3,(H2,29,30,31);2,10-12,14,18H,1,3-9,13H2,(H2,26,27,28)/t21-;19-;18-/m111/s1. The van der Waals surface area contributed by atoms with Gasteiger partial charge < -0.3 is 55.7 Å². The molecule has 113 heavy (non-hydrogen) atoms. The van der Waals surface area contributed by atoms with E-state index in [1.54, 1.807) is 87.5 Å². The number of carbonyl (C=O) groups excluding carboxylic acids is 4. The number of benzene rings is 4. The Hall–Kier alpha value is -11.9. The second-order valence-electron chi connectivity index (χ2n) is 27.9. The Morgan fingerprint density at radius 2 is 1.04 bits per heavy atom. The number of aryl methyl sites for hydroxylation is 2. The average Bonchev–Trinajstić information content (AvgIpc) is 1.62. The molecule has 4 aromatic carbocycles. The van der Waals surface area contributed by atoms with E-state index in [1.165, 1.54) is 37.2 Å². The monoisotopic (exact) mass is 1590 g/mol. The van der Waals surface area contributed by atoms with Crippen LogP contribution in [0.3, 0.4) is 0 Å². The molecule has 33 heteroatoms. The van der Waals surface area contributed by atoms with Crippen LogP contribution in [0.4, 0.5) is 17.5 Å². The molecular formula is C80H86Cl2N20O10S. The molecule has 4 aliphatic heterocycles. The Kier molecular flexibility index (Phi) is 24.1. The lowest BCUT2D eigenvalue weighted by atomic mass is 10.0. The number of sulfone groups is 1. The number of nitrogen functional groups attached to an aromatic ring is 3. The van der Waals surface area contributed by atoms with E-state index in [2.05, 4.69) is 54.6 Å². The molecule has 0 bridgehead atoms. The number of amides is 4. The minimum absolute atomic E-state index is 0.0286. The van der Waals surface area contributed by atoms with Gasteiger partial charge in [0.1, 0.15) is 84.0 Å². The Bertz CT molecular complexity index is 5630. The largest absolute Gasteiger partial charge is 0.496 e. The number of morpholine rings is 1. The van der Waals surface area contributed by atoms with E-state index >= 15 is 0 Å². The number of aromatic nitrogens is 13. The van der Waals surface area contributed by atoms with Gasteiger partial charge in [-0.3, -0.25) is 24.2 Å². The zero-order chi connectivity index (χ0) is 79.9. The van der Waals surface area contributed by atoms with Gasteiger partial charge in [-0.2, -0.15) is 15.3 Å². The Labute approximate surface area is 662 Å². The van der Waals surface area contributed by atoms with Crippen LogP contribution in [-0.4, -0.2) is 195 Å². The third-order valence-electron chi connectivity index (χ3n) is 20.4. The number of rotatable bonds is 18. The van der Waals surface area contributed by atoms with E-state index in [0.717, 1.165) is 84.2 Å². The van der Waals surface area contributed by atoms with Crippen LogP contribution in [0.5, 0.6) is 17.2 Å². The van der Waals surface area contributed by atoms with Crippen LogP contribution in [0.25, 0.3) is 66.9 Å². The third kappa shape index (κ3) is 17.1. The first-order valence-corrected chi connectivity index (χ1v) is 39.4. The van der Waals surface area contributed by atoms with Gasteiger partial charge in [0.25, 0.3) is 5.91 Å². The van der Waals surface area contributed by atoms with Crippen LogP contribution in [0.2, 0.25) is 10.0 Å². The summed E-state index contributed by atoms with van der Waals surface area (Å²) in [4.78, 5) is 87.8. The number of hydrogen-bond acceptors (Lipinski definition) is 23. The van der Waals surface area contributed by atoms with Crippen molar-refractivity contribution in [3.63, 3.8) is 0 Å². The van der Waals surface area contributed by atoms with E-state index in [4.69, 9.17) is 74.6 Å². The van der Waals surface area contributed by atoms with Crippen molar-refractivity contribution >= 4 is 107 Å². The summed E-state index contributed by atoms with van der Waals surface area (Å²) in [5.41, 5.74) is 29.6. The number of piperidine rings is 3. The van der Waals surface area contributed by atoms with Gasteiger partial charge in [0.05, 0.1) is 70.2 Å². The van der Waals surface area contributed by atoms with Gasteiger partial charge in [0.2, 0.25) is 17.7 Å². The van der Waals surface area contributed by atoms with Crippen molar-refractivity contribution in [1.29, 1.82) is 0 Å². The number of ether oxygens (including phenoxy) is 4. The number of nitrogens with zero attached hydrogens (tertiary/aromatic N) is 17. The van der Waals surface area contributed by atoms with E-state index in [9.17, 15) is 27.6 Å². The van der Waals surface area contributed by atoms with Crippen LogP contribution >= 0.6 is 23.2 Å². The molecule has 4 aliphatic rings. The van der Waals surface area contributed by atoms with Crippen LogP contribution < -0.4 is 31.4 Å². The number of halogens is 2. The summed E-state index contributed by atoms with van der Waals surface area (Å²) >= 11 is 13.0. The number of methoxy groups -OCH3 is 1. The minimum atomic E-state index is -3.32. The maximum Gasteiger partial charge on any atom is 0.254 e. The SMILES string of the molecule is C=CC(=O)N1CCC[C@@H](n2nc(-c3cc(Cl)cc(C(=O)N4CCOCC4)c3)c3c(N)ncnc32)C1.C=CC(=O)N1CCC[C@@H](n2nc(-c3ccc(OCc4cccc(S(C)(=O)=O)c4)c(Cl)c3)c3c(N)ncnc32)C1.C=CC(=O)N1CCC[C@@H](n2nc(-c3ccc(OCc4ncc(C)c(OC)c4C)c(C)c3)c3c(N)ncnc32)C1. The number of pyridine rings is 1. The quantitative estimate of drug-likeness (QED) is 0.0672. The van der Waals surface area contributed by atoms with Crippen molar-refractivity contribution in [2.24, 2.45) is 0 Å². The van der Waals surface area contributed by atoms with Gasteiger partial charge in [0.15, 0.2) is 26.8 Å². The predicted octanol–water partition coefficient (Wildman–Crippen LogP) is 10.9. The summed E-state index contributed by atoms with van der Waals surface area (Å²) < 4.78 is 52.2. The first-order valence-electron chi connectivity index (χ1n) is 36.8. The molecular weight excluding hydrogens is 1500 g/mol. The fraction of sp³-hybridized carbons (Fsp3) is 0.325. The van der Waals surface area contributed by atoms with Gasteiger partial charge in [-0.1, -0.05) is 55.1 Å². The number of hydrogen-bond donors (Lipinski definition) is 3. The highest BCUT2D eigenvalue weighted by Gasteiger charge is 2.33. The first-order chi connectivity index (χ1) is 54.4. The molecule has 4 saturated heterocycles. The Morgan fingerprint density at radius 1 is 0.558 bits per heavy atom. The van der Waals surface area contributed by atoms with Crippen LogP contribution in [-0.2, 0) is 42.2 Å². The van der Waals surface area contributed by atoms with E-state index in [1.807, 2.05) is 59.1 Å². The van der Waals surface area contributed by atoms with E-state index in [0.29, 0.717) is 172 Å². The summed E-state index contributed by atoms with van der Waals surface area (Å²) in [6.07, 6.45) is 16.3. The maximum absolute atomic E-state index is 13.1. The molecule has 7 aromatic heterocycles. The molecule has 30 nitrogen and oxygen atoms in total. The summed E-state index contributed by atoms with van der Waals surface area (Å²) in [5, 5.41) is 17.4. The number of anilines is 3. The summed E-state index contributed by atoms with van der Waals surface area (Å²) in [5.74, 6) is 2.53. The third-order valence-corrected chi connectivity index (χ3v) is 22.1. The molecule has 0 spiro atoms. The molecule has 4 fully saturated rings. The van der Waals surface area contributed by atoms with Crippen molar-refractivity contribution in [3.05, 3.63) is 186 Å². The lowest BCUT2D eigenvalue weighted by molar-refractivity contribution is -0.128. The molecule has 0 unspecified atom stereocenters. The lowest BCUT2D eigenvalue weighted by Crippen LogP contribution is -2.40. The lowest BCUT2D eigenvalue weighted by Gasteiger charge is -2.32. The number of likely N-dealkylation sites (tertiary alicyclic amines) is 3. The zero-order valence-electron chi connectivity index (χ0n) is 63.2. The van der Waals surface area contributed by atoms with Crippen molar-refractivity contribution in [3.8, 4) is 51.0 Å². The van der Waals surface area contributed by atoms with Crippen molar-refractivity contribution in [1.82, 2.24) is 83.8 Å². The topological polar surface area (TPSA) is 374 Å². The van der Waals surface area contributed by atoms with Crippen molar-refractivity contribution < 1.29 is 46.5 Å². The molecule has 4 amide bonds. The molecule has 586 valence electrons. The Balaban J connectivity index is 0.000000148. The highest BCUT2D eigenvalue weighted by atomic mass is 35.5. The van der Waals surface area contributed by atoms with Gasteiger partial charge in [-0.05, 0) is 155 Å². The average molecular weight is 1590 g/mol. The molecule has 3 atom stereocenters. The van der Waals surface area contributed by atoms with Crippen molar-refractivity contribution in [2.45, 2.75) is 95.5 Å². The molecule has 0 aliphatic carbocycles. The molecule has 0 saturated carbocycles. The molecule has 11 heterocycles. The zero-order valence-corrected chi connectivity index (χ0v) is 65.5. The summed E-state index contributed by atoms with van der Waals surface area (Å²) in [7, 11) is -1.66. The fourth-order valence-electron chi connectivity index (χ4n) is 14.7. The minimum Gasteiger partial charge on any atom is -0.496 e. The highest BCUT2D eigenvalue weighted by Crippen LogP contribution is 2.41. The van der Waals surface area contributed by atoms with Gasteiger partial charge in [-0.15, -0.1) is 0 Å². The maximum atomic E-state index is 13.1. The Morgan fingerprint density at radius 3 is 1.50 bits per heavy atom. The highest BCUT2D eigenvalue weighted by molar-refractivity contribution is 7.90. The molecule has 0 radical (unpaired) electrons. The van der Waals surface area contributed by atoms with Gasteiger partial charge in [0, 0.05) is 103 Å². The smallest absolute Gasteiger partial charge is 0.254 e. The first kappa shape index (κ1) is 79.2. The van der Waals surface area contributed by atoms with E-state index in [-0.39, 0.29) is 59.1 Å². The van der Waals surface area contributed by atoms with Crippen molar-refractivity contribution in [2.75, 3.05) is 96.1 Å². The second-order valence-corrected chi connectivity index (χ2v) is 30.8. The van der Waals surface area contributed by atoms with E-state index < -0.39 is 9.84 Å². The molecule has 11 aromatic rings. The second kappa shape index (κ2) is 34.4. The number of nitrogens with two attached hydrogens (primary N) is 3. The molecule has 15 rings (SSSR count). The fourth-order valence-corrected chi connectivity index (χ4v) is 15.9. The number of fused-ring (bicyclic) bond motifs is 3. The summed E-state index contributed by atoms with van der Waals surface area (Å²) in [6.45, 7) is 22.9. The number of carbonyl (C=O) groups is 4. The van der Waals surface area contributed by atoms with Gasteiger partial charge in [-0.25, -0.2) is 52.4 Å². The van der Waals surface area contributed by atoms with Crippen LogP contribution in [0.1, 0.15) is 95.0 Å². The molecule has 6 N–H and O–H groups in total. The van der Waals surface area contributed by atoms with Gasteiger partial charge >= 0.3 is 0 Å². The predicted molar refractivity (Wildman–Crippen MR) is 431 cm³/mol.